The first kappa shape index (κ1) is 16.3. The molecule has 0 radical (unpaired) electrons. The van der Waals surface area contributed by atoms with Crippen LogP contribution < -0.4 is 14.8 Å². The minimum atomic E-state index is -0.160. The molecule has 1 N–H and O–H groups in total. The lowest BCUT2D eigenvalue weighted by molar-refractivity contribution is -0.140. The highest BCUT2D eigenvalue weighted by Gasteiger charge is 2.04. The van der Waals surface area contributed by atoms with Gasteiger partial charge in [0.15, 0.2) is 11.5 Å². The molecule has 0 heterocycles. The van der Waals surface area contributed by atoms with Crippen molar-refractivity contribution in [3.8, 4) is 11.5 Å². The molecule has 0 aliphatic carbocycles. The number of carbonyl (C=O) groups excluding carboxylic acids is 1. The second-order valence-electron chi connectivity index (χ2n) is 4.37. The fourth-order valence-corrected chi connectivity index (χ4v) is 1.85. The molecule has 5 heteroatoms. The zero-order valence-electron chi connectivity index (χ0n) is 12.4. The number of hydrogen-bond donors (Lipinski definition) is 1. The van der Waals surface area contributed by atoms with E-state index in [0.29, 0.717) is 6.42 Å². The highest BCUT2D eigenvalue weighted by molar-refractivity contribution is 5.69. The van der Waals surface area contributed by atoms with Crippen LogP contribution in [0.5, 0.6) is 11.5 Å². The van der Waals surface area contributed by atoms with Crippen molar-refractivity contribution >= 4 is 5.97 Å². The molecule has 112 valence electrons. The average Bonchev–Trinajstić information content (AvgIpc) is 2.49. The van der Waals surface area contributed by atoms with Crippen molar-refractivity contribution < 1.29 is 19.0 Å². The molecule has 0 saturated heterocycles. The Labute approximate surface area is 120 Å². The van der Waals surface area contributed by atoms with Crippen LogP contribution >= 0.6 is 0 Å². The first-order chi connectivity index (χ1) is 9.71. The molecule has 0 spiro atoms. The molecule has 0 aliphatic heterocycles. The fraction of sp³-hybridized carbons (Fsp3) is 0.533. The van der Waals surface area contributed by atoms with Gasteiger partial charge in [-0.05, 0) is 43.6 Å². The highest BCUT2D eigenvalue weighted by atomic mass is 16.5. The number of benzene rings is 1. The van der Waals surface area contributed by atoms with Crippen LogP contribution in [0.15, 0.2) is 18.2 Å². The first-order valence-electron chi connectivity index (χ1n) is 6.69. The molecule has 20 heavy (non-hydrogen) atoms. The summed E-state index contributed by atoms with van der Waals surface area (Å²) in [6.07, 6.45) is 2.15. The monoisotopic (exact) mass is 281 g/mol. The van der Waals surface area contributed by atoms with Crippen molar-refractivity contribution in [1.82, 2.24) is 5.32 Å². The van der Waals surface area contributed by atoms with Gasteiger partial charge in [-0.2, -0.15) is 0 Å². The molecule has 1 rings (SSSR count). The highest BCUT2D eigenvalue weighted by Crippen LogP contribution is 2.27. The third-order valence-electron chi connectivity index (χ3n) is 3.00. The summed E-state index contributed by atoms with van der Waals surface area (Å²) in [6.45, 7) is 1.67. The topological polar surface area (TPSA) is 56.8 Å². The molecule has 5 nitrogen and oxygen atoms in total. The van der Waals surface area contributed by atoms with Crippen LogP contribution in [0.4, 0.5) is 0 Å². The average molecular weight is 281 g/mol. The Morgan fingerprint density at radius 3 is 2.50 bits per heavy atom. The number of ether oxygens (including phenoxy) is 3. The van der Waals surface area contributed by atoms with Gasteiger partial charge < -0.3 is 19.5 Å². The summed E-state index contributed by atoms with van der Waals surface area (Å²) >= 11 is 0. The smallest absolute Gasteiger partial charge is 0.305 e. The lowest BCUT2D eigenvalue weighted by atomic mass is 10.1. The van der Waals surface area contributed by atoms with Gasteiger partial charge in [-0.25, -0.2) is 0 Å². The Balaban J connectivity index is 2.27. The molecular formula is C15H23NO4. The summed E-state index contributed by atoms with van der Waals surface area (Å²) in [5.41, 5.74) is 1.18. The molecule has 0 unspecified atom stereocenters. The van der Waals surface area contributed by atoms with E-state index in [4.69, 9.17) is 9.47 Å². The maximum Gasteiger partial charge on any atom is 0.305 e. The van der Waals surface area contributed by atoms with Crippen LogP contribution in [0.1, 0.15) is 18.4 Å². The summed E-state index contributed by atoms with van der Waals surface area (Å²) in [7, 11) is 4.67. The van der Waals surface area contributed by atoms with Gasteiger partial charge in [0.05, 0.1) is 21.3 Å². The largest absolute Gasteiger partial charge is 0.493 e. The molecular weight excluding hydrogens is 258 g/mol. The minimum absolute atomic E-state index is 0.160. The van der Waals surface area contributed by atoms with Crippen molar-refractivity contribution in [3.63, 3.8) is 0 Å². The van der Waals surface area contributed by atoms with Crippen LogP contribution in [0, 0.1) is 0 Å². The fourth-order valence-electron chi connectivity index (χ4n) is 1.85. The molecule has 0 saturated carbocycles. The van der Waals surface area contributed by atoms with Gasteiger partial charge in [0.2, 0.25) is 0 Å². The van der Waals surface area contributed by atoms with Crippen LogP contribution in [-0.2, 0) is 16.0 Å². The summed E-state index contributed by atoms with van der Waals surface area (Å²) in [5, 5.41) is 3.30. The normalized spacial score (nSPS) is 10.2. The quantitative estimate of drug-likeness (QED) is 0.552. The van der Waals surface area contributed by atoms with E-state index in [0.717, 1.165) is 37.4 Å². The van der Waals surface area contributed by atoms with E-state index in [2.05, 4.69) is 10.1 Å². The van der Waals surface area contributed by atoms with E-state index >= 15 is 0 Å². The van der Waals surface area contributed by atoms with Crippen molar-refractivity contribution in [2.24, 2.45) is 0 Å². The Kier molecular flexibility index (Phi) is 7.50. The van der Waals surface area contributed by atoms with Crippen molar-refractivity contribution in [2.45, 2.75) is 19.3 Å². The first-order valence-corrected chi connectivity index (χ1v) is 6.69. The second kappa shape index (κ2) is 9.20. The SMILES string of the molecule is COC(=O)CCCNCCc1ccc(OC)c(OC)c1. The van der Waals surface area contributed by atoms with Crippen LogP contribution in [0.25, 0.3) is 0 Å². The van der Waals surface area contributed by atoms with Crippen molar-refractivity contribution in [1.29, 1.82) is 0 Å². The van der Waals surface area contributed by atoms with E-state index in [-0.39, 0.29) is 5.97 Å². The third-order valence-corrected chi connectivity index (χ3v) is 3.00. The molecule has 1 aromatic rings. The molecule has 0 aliphatic rings. The van der Waals surface area contributed by atoms with Gasteiger partial charge in [0, 0.05) is 6.42 Å². The van der Waals surface area contributed by atoms with Crippen LogP contribution in [-0.4, -0.2) is 40.4 Å². The van der Waals surface area contributed by atoms with E-state index < -0.39 is 0 Å². The summed E-state index contributed by atoms with van der Waals surface area (Å²) < 4.78 is 15.0. The molecule has 0 atom stereocenters. The lowest BCUT2D eigenvalue weighted by Crippen LogP contribution is -2.19. The molecule has 1 aromatic carbocycles. The minimum Gasteiger partial charge on any atom is -0.493 e. The third kappa shape index (κ3) is 5.48. The van der Waals surface area contributed by atoms with Crippen LogP contribution in [0.3, 0.4) is 0 Å². The number of methoxy groups -OCH3 is 3. The Hall–Kier alpha value is -1.75. The molecule has 0 amide bonds. The Morgan fingerprint density at radius 1 is 1.10 bits per heavy atom. The number of esters is 1. The van der Waals surface area contributed by atoms with E-state index in [9.17, 15) is 4.79 Å². The zero-order valence-corrected chi connectivity index (χ0v) is 12.4. The lowest BCUT2D eigenvalue weighted by Gasteiger charge is -2.10. The number of carbonyl (C=O) groups is 1. The van der Waals surface area contributed by atoms with Gasteiger partial charge in [-0.15, -0.1) is 0 Å². The molecule has 0 bridgehead atoms. The number of rotatable bonds is 9. The van der Waals surface area contributed by atoms with E-state index in [1.807, 2.05) is 18.2 Å². The second-order valence-corrected chi connectivity index (χ2v) is 4.37. The predicted molar refractivity (Wildman–Crippen MR) is 77.4 cm³/mol. The van der Waals surface area contributed by atoms with Crippen LogP contribution in [0.2, 0.25) is 0 Å². The predicted octanol–water partition coefficient (Wildman–Crippen LogP) is 1.79. The van der Waals surface area contributed by atoms with Crippen molar-refractivity contribution in [3.05, 3.63) is 23.8 Å². The van der Waals surface area contributed by atoms with Gasteiger partial charge in [0.25, 0.3) is 0 Å². The zero-order chi connectivity index (χ0) is 14.8. The summed E-state index contributed by atoms with van der Waals surface area (Å²) in [6, 6.07) is 5.91. The van der Waals surface area contributed by atoms with Crippen molar-refractivity contribution in [2.75, 3.05) is 34.4 Å². The van der Waals surface area contributed by atoms with E-state index in [1.165, 1.54) is 12.7 Å². The maximum atomic E-state index is 10.9. The summed E-state index contributed by atoms with van der Waals surface area (Å²) in [5.74, 6) is 1.32. The molecule has 0 aromatic heterocycles. The Morgan fingerprint density at radius 2 is 1.85 bits per heavy atom. The number of nitrogens with one attached hydrogen (secondary N) is 1. The standard InChI is InChI=1S/C15H23NO4/c1-18-13-7-6-12(11-14(13)19-2)8-10-16-9-4-5-15(17)20-3/h6-7,11,16H,4-5,8-10H2,1-3H3. The molecule has 0 fully saturated rings. The Bertz CT molecular complexity index is 420. The van der Waals surface area contributed by atoms with Gasteiger partial charge >= 0.3 is 5.97 Å². The van der Waals surface area contributed by atoms with Gasteiger partial charge in [-0.1, -0.05) is 6.07 Å². The van der Waals surface area contributed by atoms with Gasteiger partial charge in [0.1, 0.15) is 0 Å². The van der Waals surface area contributed by atoms with Gasteiger partial charge in [-0.3, -0.25) is 4.79 Å². The maximum absolute atomic E-state index is 10.9. The number of hydrogen-bond acceptors (Lipinski definition) is 5. The van der Waals surface area contributed by atoms with E-state index in [1.54, 1.807) is 14.2 Å². The summed E-state index contributed by atoms with van der Waals surface area (Å²) in [4.78, 5) is 10.9.